The Balaban J connectivity index is 1.64. The first-order chi connectivity index (χ1) is 11.9. The highest BCUT2D eigenvalue weighted by Crippen LogP contribution is 2.16. The monoisotopic (exact) mass is 357 g/mol. The van der Waals surface area contributed by atoms with E-state index in [0.29, 0.717) is 5.82 Å². The number of aromatic nitrogens is 2. The first-order valence-corrected chi connectivity index (χ1v) is 9.49. The minimum absolute atomic E-state index is 0.0347. The molecule has 0 radical (unpaired) electrons. The van der Waals surface area contributed by atoms with Crippen molar-refractivity contribution < 1.29 is 12.9 Å². The summed E-state index contributed by atoms with van der Waals surface area (Å²) in [4.78, 5) is 4.23. The molecular weight excluding hydrogens is 338 g/mol. The van der Waals surface area contributed by atoms with E-state index in [1.165, 1.54) is 0 Å². The first kappa shape index (κ1) is 17.3. The lowest BCUT2D eigenvalue weighted by Gasteiger charge is -2.05. The van der Waals surface area contributed by atoms with Gasteiger partial charge >= 0.3 is 0 Å². The summed E-state index contributed by atoms with van der Waals surface area (Å²) in [6.07, 6.45) is 0. The second kappa shape index (κ2) is 7.16. The van der Waals surface area contributed by atoms with Crippen molar-refractivity contribution in [1.82, 2.24) is 14.9 Å². The van der Waals surface area contributed by atoms with Crippen LogP contribution in [-0.4, -0.2) is 18.6 Å². The van der Waals surface area contributed by atoms with Crippen LogP contribution >= 0.6 is 0 Å². The largest absolute Gasteiger partial charge is 0.338 e. The van der Waals surface area contributed by atoms with Gasteiger partial charge in [-0.25, -0.2) is 13.1 Å². The van der Waals surface area contributed by atoms with Gasteiger partial charge in [-0.05, 0) is 19.4 Å². The van der Waals surface area contributed by atoms with Crippen molar-refractivity contribution in [3.05, 3.63) is 71.1 Å². The molecule has 0 atom stereocenters. The molecule has 3 rings (SSSR count). The second-order valence-electron chi connectivity index (χ2n) is 5.95. The molecule has 0 spiro atoms. The molecule has 6 nitrogen and oxygen atoms in total. The van der Waals surface area contributed by atoms with Crippen molar-refractivity contribution in [3.63, 3.8) is 0 Å². The molecule has 0 fully saturated rings. The Kier molecular flexibility index (Phi) is 4.96. The molecule has 1 heterocycles. The van der Waals surface area contributed by atoms with Crippen LogP contribution in [-0.2, 0) is 22.3 Å². The SMILES string of the molecule is Cc1ccc(-c2noc(CNS(=O)(=O)Cc3cccc(C)c3)n2)cc1. The number of nitrogens with zero attached hydrogens (tertiary/aromatic N) is 2. The Bertz CT molecular complexity index is 963. The van der Waals surface area contributed by atoms with Gasteiger partial charge in [0.2, 0.25) is 21.7 Å². The molecule has 3 aromatic rings. The van der Waals surface area contributed by atoms with Crippen molar-refractivity contribution in [3.8, 4) is 11.4 Å². The third-order valence-corrected chi connectivity index (χ3v) is 4.96. The summed E-state index contributed by atoms with van der Waals surface area (Å²) < 4.78 is 32.0. The van der Waals surface area contributed by atoms with Crippen LogP contribution in [0.5, 0.6) is 0 Å². The molecule has 0 unspecified atom stereocenters. The minimum Gasteiger partial charge on any atom is -0.338 e. The third kappa shape index (κ3) is 4.74. The van der Waals surface area contributed by atoms with Gasteiger partial charge in [-0.3, -0.25) is 0 Å². The van der Waals surface area contributed by atoms with Crippen LogP contribution < -0.4 is 4.72 Å². The molecule has 0 aliphatic rings. The molecular formula is C18H19N3O3S. The van der Waals surface area contributed by atoms with E-state index in [4.69, 9.17) is 4.52 Å². The molecule has 0 saturated heterocycles. The lowest BCUT2D eigenvalue weighted by molar-refractivity contribution is 0.376. The van der Waals surface area contributed by atoms with E-state index in [0.717, 1.165) is 22.3 Å². The van der Waals surface area contributed by atoms with Gasteiger partial charge in [0.15, 0.2) is 0 Å². The van der Waals surface area contributed by atoms with Gasteiger partial charge in [-0.15, -0.1) is 0 Å². The van der Waals surface area contributed by atoms with Gasteiger partial charge in [-0.1, -0.05) is 64.8 Å². The molecule has 7 heteroatoms. The molecule has 0 saturated carbocycles. The lowest BCUT2D eigenvalue weighted by atomic mass is 10.1. The van der Waals surface area contributed by atoms with Crippen molar-refractivity contribution >= 4 is 10.0 Å². The van der Waals surface area contributed by atoms with Gasteiger partial charge in [0, 0.05) is 5.56 Å². The highest BCUT2D eigenvalue weighted by Gasteiger charge is 2.15. The van der Waals surface area contributed by atoms with Gasteiger partial charge in [0.05, 0.1) is 12.3 Å². The van der Waals surface area contributed by atoms with Crippen molar-refractivity contribution in [2.24, 2.45) is 0 Å². The molecule has 2 aromatic carbocycles. The number of benzene rings is 2. The van der Waals surface area contributed by atoms with Gasteiger partial charge < -0.3 is 4.52 Å². The molecule has 0 aliphatic heterocycles. The fourth-order valence-electron chi connectivity index (χ4n) is 2.39. The second-order valence-corrected chi connectivity index (χ2v) is 7.75. The fraction of sp³-hybridized carbons (Fsp3) is 0.222. The molecule has 0 amide bonds. The van der Waals surface area contributed by atoms with Crippen LogP contribution in [0, 0.1) is 13.8 Å². The molecule has 130 valence electrons. The Morgan fingerprint density at radius 1 is 1.04 bits per heavy atom. The van der Waals surface area contributed by atoms with Crippen molar-refractivity contribution in [2.75, 3.05) is 0 Å². The van der Waals surface area contributed by atoms with Gasteiger partial charge in [0.25, 0.3) is 0 Å². The van der Waals surface area contributed by atoms with Crippen LogP contribution in [0.3, 0.4) is 0 Å². The van der Waals surface area contributed by atoms with Gasteiger partial charge in [-0.2, -0.15) is 4.98 Å². The summed E-state index contributed by atoms with van der Waals surface area (Å²) in [6.45, 7) is 3.88. The summed E-state index contributed by atoms with van der Waals surface area (Å²) in [6, 6.07) is 15.1. The van der Waals surface area contributed by atoms with E-state index in [1.54, 1.807) is 6.07 Å². The Morgan fingerprint density at radius 2 is 1.80 bits per heavy atom. The maximum absolute atomic E-state index is 12.2. The zero-order chi connectivity index (χ0) is 17.9. The van der Waals surface area contributed by atoms with E-state index in [1.807, 2.05) is 56.3 Å². The normalized spacial score (nSPS) is 11.6. The number of rotatable bonds is 6. The molecule has 25 heavy (non-hydrogen) atoms. The number of nitrogens with one attached hydrogen (secondary N) is 1. The average Bonchev–Trinajstić information content (AvgIpc) is 3.02. The van der Waals surface area contributed by atoms with E-state index < -0.39 is 10.0 Å². The quantitative estimate of drug-likeness (QED) is 0.733. The number of hydrogen-bond acceptors (Lipinski definition) is 5. The zero-order valence-electron chi connectivity index (χ0n) is 14.1. The zero-order valence-corrected chi connectivity index (χ0v) is 14.9. The average molecular weight is 357 g/mol. The highest BCUT2D eigenvalue weighted by atomic mass is 32.2. The number of hydrogen-bond donors (Lipinski definition) is 1. The molecule has 1 aromatic heterocycles. The summed E-state index contributed by atoms with van der Waals surface area (Å²) >= 11 is 0. The van der Waals surface area contributed by atoms with Crippen LogP contribution in [0.4, 0.5) is 0 Å². The topological polar surface area (TPSA) is 85.1 Å². The van der Waals surface area contributed by atoms with Crippen LogP contribution in [0.2, 0.25) is 0 Å². The fourth-order valence-corrected chi connectivity index (χ4v) is 3.45. The van der Waals surface area contributed by atoms with Gasteiger partial charge in [0.1, 0.15) is 0 Å². The van der Waals surface area contributed by atoms with Crippen molar-refractivity contribution in [1.29, 1.82) is 0 Å². The van der Waals surface area contributed by atoms with E-state index in [9.17, 15) is 8.42 Å². The maximum atomic E-state index is 12.2. The maximum Gasteiger partial charge on any atom is 0.242 e. The number of aryl methyl sites for hydroxylation is 2. The lowest BCUT2D eigenvalue weighted by Crippen LogP contribution is -2.24. The minimum atomic E-state index is -3.49. The summed E-state index contributed by atoms with van der Waals surface area (Å²) in [7, 11) is -3.49. The predicted molar refractivity (Wildman–Crippen MR) is 95.1 cm³/mol. The van der Waals surface area contributed by atoms with E-state index in [2.05, 4.69) is 14.9 Å². The smallest absolute Gasteiger partial charge is 0.242 e. The first-order valence-electron chi connectivity index (χ1n) is 7.84. The summed E-state index contributed by atoms with van der Waals surface area (Å²) in [5.41, 5.74) is 3.71. The molecule has 1 N–H and O–H groups in total. The van der Waals surface area contributed by atoms with Crippen molar-refractivity contribution in [2.45, 2.75) is 26.1 Å². The van der Waals surface area contributed by atoms with Crippen LogP contribution in [0.15, 0.2) is 53.1 Å². The van der Waals surface area contributed by atoms with E-state index >= 15 is 0 Å². The molecule has 0 aliphatic carbocycles. The van der Waals surface area contributed by atoms with Crippen LogP contribution in [0.1, 0.15) is 22.6 Å². The summed E-state index contributed by atoms with van der Waals surface area (Å²) in [5.74, 6) is 0.574. The predicted octanol–water partition coefficient (Wildman–Crippen LogP) is 2.97. The standard InChI is InChI=1S/C18H19N3O3S/c1-13-6-8-16(9-7-13)18-20-17(24-21-18)11-19-25(22,23)12-15-5-3-4-14(2)10-15/h3-10,19H,11-12H2,1-2H3. The Morgan fingerprint density at radius 3 is 2.52 bits per heavy atom. The number of sulfonamides is 1. The third-order valence-electron chi connectivity index (χ3n) is 3.66. The molecule has 0 bridgehead atoms. The highest BCUT2D eigenvalue weighted by molar-refractivity contribution is 7.88. The Labute approximate surface area is 147 Å². The van der Waals surface area contributed by atoms with E-state index in [-0.39, 0.29) is 18.2 Å². The Hall–Kier alpha value is -2.51. The summed E-state index contributed by atoms with van der Waals surface area (Å²) in [5, 5.41) is 3.89. The van der Waals surface area contributed by atoms with Crippen LogP contribution in [0.25, 0.3) is 11.4 Å².